The number of methoxy groups -OCH3 is 1. The van der Waals surface area contributed by atoms with Crippen LogP contribution in [-0.4, -0.2) is 43.1 Å². The summed E-state index contributed by atoms with van der Waals surface area (Å²) < 4.78 is 4.95. The molecule has 0 aliphatic carbocycles. The number of nitrogens with zero attached hydrogens (tertiary/aromatic N) is 2. The summed E-state index contributed by atoms with van der Waals surface area (Å²) >= 11 is 2.88. The molecule has 0 unspecified atom stereocenters. The van der Waals surface area contributed by atoms with Gasteiger partial charge in [-0.1, -0.05) is 11.3 Å². The van der Waals surface area contributed by atoms with E-state index in [4.69, 9.17) is 10.5 Å². The van der Waals surface area contributed by atoms with E-state index in [0.717, 1.165) is 5.56 Å². The minimum Gasteiger partial charge on any atom is -0.383 e. The number of aromatic nitrogens is 1. The molecule has 0 aromatic carbocycles. The fraction of sp³-hybridized carbons (Fsp3) is 0.385. The Bertz CT molecular complexity index is 583. The number of amides is 1. The minimum absolute atomic E-state index is 0.115. The molecule has 0 radical (unpaired) electrons. The second-order valence-electron chi connectivity index (χ2n) is 4.45. The molecule has 2 heterocycles. The maximum absolute atomic E-state index is 12.4. The standard InChI is InChI=1S/C13H18N4O2S2/c1-17(7-9-3-6-20-8-9)12(18)10-11(14)16-13(21-10)15-4-5-19-2/h3,6,8H,4-5,7,14H2,1-2H3,(H,15,16). The van der Waals surface area contributed by atoms with Crippen molar-refractivity contribution in [3.05, 3.63) is 27.3 Å². The Hall–Kier alpha value is -1.64. The number of nitrogens with one attached hydrogen (secondary N) is 1. The number of carbonyl (C=O) groups excluding carboxylic acids is 1. The van der Waals surface area contributed by atoms with Crippen molar-refractivity contribution in [2.75, 3.05) is 38.4 Å². The van der Waals surface area contributed by atoms with E-state index >= 15 is 0 Å². The number of nitrogen functional groups attached to an aromatic ring is 1. The molecule has 0 aliphatic heterocycles. The van der Waals surface area contributed by atoms with Crippen LogP contribution in [0.15, 0.2) is 16.8 Å². The molecule has 1 amide bonds. The Morgan fingerprint density at radius 3 is 3.05 bits per heavy atom. The Balaban J connectivity index is 2.01. The quantitative estimate of drug-likeness (QED) is 0.762. The van der Waals surface area contributed by atoms with Crippen LogP contribution < -0.4 is 11.1 Å². The van der Waals surface area contributed by atoms with Gasteiger partial charge in [0.2, 0.25) is 0 Å². The third-order valence-electron chi connectivity index (χ3n) is 2.78. The molecule has 0 fully saturated rings. The maximum atomic E-state index is 12.4. The Labute approximate surface area is 131 Å². The SMILES string of the molecule is COCCNc1nc(N)c(C(=O)N(C)Cc2ccsc2)s1. The molecule has 2 rings (SSSR count). The van der Waals surface area contributed by atoms with Gasteiger partial charge in [-0.05, 0) is 22.4 Å². The Kier molecular flexibility index (Phi) is 5.54. The summed E-state index contributed by atoms with van der Waals surface area (Å²) in [5, 5.41) is 7.73. The van der Waals surface area contributed by atoms with Gasteiger partial charge in [0.25, 0.3) is 5.91 Å². The van der Waals surface area contributed by atoms with Crippen LogP contribution in [0.4, 0.5) is 10.9 Å². The maximum Gasteiger partial charge on any atom is 0.267 e. The fourth-order valence-electron chi connectivity index (χ4n) is 1.72. The van der Waals surface area contributed by atoms with E-state index in [9.17, 15) is 4.79 Å². The molecule has 8 heteroatoms. The summed E-state index contributed by atoms with van der Waals surface area (Å²) in [5.74, 6) is 0.151. The highest BCUT2D eigenvalue weighted by Crippen LogP contribution is 2.26. The molecular formula is C13H18N4O2S2. The first-order valence-electron chi connectivity index (χ1n) is 6.37. The van der Waals surface area contributed by atoms with Gasteiger partial charge in [0.05, 0.1) is 6.61 Å². The highest BCUT2D eigenvalue weighted by atomic mass is 32.1. The number of ether oxygens (including phenoxy) is 1. The van der Waals surface area contributed by atoms with Crippen LogP contribution in [-0.2, 0) is 11.3 Å². The monoisotopic (exact) mass is 326 g/mol. The summed E-state index contributed by atoms with van der Waals surface area (Å²) in [6.07, 6.45) is 0. The number of rotatable bonds is 7. The van der Waals surface area contributed by atoms with E-state index in [0.29, 0.717) is 29.7 Å². The minimum atomic E-state index is -0.115. The molecule has 2 aromatic heterocycles. The summed E-state index contributed by atoms with van der Waals surface area (Å²) in [5.41, 5.74) is 6.95. The zero-order valence-corrected chi connectivity index (χ0v) is 13.6. The molecule has 2 aromatic rings. The van der Waals surface area contributed by atoms with Crippen LogP contribution in [0.5, 0.6) is 0 Å². The molecule has 0 bridgehead atoms. The van der Waals surface area contributed by atoms with E-state index in [1.807, 2.05) is 16.8 Å². The molecule has 0 saturated carbocycles. The second-order valence-corrected chi connectivity index (χ2v) is 6.22. The molecule has 6 nitrogen and oxygen atoms in total. The van der Waals surface area contributed by atoms with Gasteiger partial charge in [0, 0.05) is 27.2 Å². The molecule has 0 saturated heterocycles. The van der Waals surface area contributed by atoms with Crippen LogP contribution in [0.25, 0.3) is 0 Å². The predicted octanol–water partition coefficient (Wildman–Crippen LogP) is 2.12. The van der Waals surface area contributed by atoms with Crippen molar-refractivity contribution in [1.29, 1.82) is 0 Å². The number of thiazole rings is 1. The van der Waals surface area contributed by atoms with E-state index in [1.165, 1.54) is 11.3 Å². The lowest BCUT2D eigenvalue weighted by atomic mass is 10.3. The summed E-state index contributed by atoms with van der Waals surface area (Å²) in [4.78, 5) is 18.7. The van der Waals surface area contributed by atoms with Crippen LogP contribution >= 0.6 is 22.7 Å². The molecule has 21 heavy (non-hydrogen) atoms. The van der Waals surface area contributed by atoms with Gasteiger partial charge >= 0.3 is 0 Å². The highest BCUT2D eigenvalue weighted by molar-refractivity contribution is 7.18. The van der Waals surface area contributed by atoms with Gasteiger partial charge in [0.1, 0.15) is 10.7 Å². The van der Waals surface area contributed by atoms with Gasteiger partial charge in [-0.2, -0.15) is 11.3 Å². The third-order valence-corrected chi connectivity index (χ3v) is 4.53. The highest BCUT2D eigenvalue weighted by Gasteiger charge is 2.20. The number of thiophene rings is 1. The van der Waals surface area contributed by atoms with Gasteiger partial charge < -0.3 is 20.7 Å². The normalized spacial score (nSPS) is 10.6. The van der Waals surface area contributed by atoms with Crippen molar-refractivity contribution in [2.24, 2.45) is 0 Å². The third kappa shape index (κ3) is 4.16. The zero-order valence-electron chi connectivity index (χ0n) is 12.0. The van der Waals surface area contributed by atoms with Gasteiger partial charge in [-0.3, -0.25) is 4.79 Å². The van der Waals surface area contributed by atoms with Crippen LogP contribution in [0.2, 0.25) is 0 Å². The average molecular weight is 326 g/mol. The molecule has 3 N–H and O–H groups in total. The average Bonchev–Trinajstić information content (AvgIpc) is 3.08. The molecule has 114 valence electrons. The Morgan fingerprint density at radius 1 is 1.57 bits per heavy atom. The Morgan fingerprint density at radius 2 is 2.38 bits per heavy atom. The van der Waals surface area contributed by atoms with E-state index in [1.54, 1.807) is 30.4 Å². The number of nitrogens with two attached hydrogens (primary N) is 1. The lowest BCUT2D eigenvalue weighted by Crippen LogP contribution is -2.25. The van der Waals surface area contributed by atoms with Crippen molar-refractivity contribution in [3.63, 3.8) is 0 Å². The van der Waals surface area contributed by atoms with Gasteiger partial charge in [-0.25, -0.2) is 4.98 Å². The first kappa shape index (κ1) is 15.7. The fourth-order valence-corrected chi connectivity index (χ4v) is 3.29. The van der Waals surface area contributed by atoms with Crippen molar-refractivity contribution in [2.45, 2.75) is 6.54 Å². The number of hydrogen-bond donors (Lipinski definition) is 2. The second kappa shape index (κ2) is 7.39. The summed E-state index contributed by atoms with van der Waals surface area (Å²) in [6, 6.07) is 2.00. The molecular weight excluding hydrogens is 308 g/mol. The number of hydrogen-bond acceptors (Lipinski definition) is 7. The van der Waals surface area contributed by atoms with E-state index < -0.39 is 0 Å². The smallest absolute Gasteiger partial charge is 0.267 e. The summed E-state index contributed by atoms with van der Waals surface area (Å²) in [7, 11) is 3.39. The lowest BCUT2D eigenvalue weighted by Gasteiger charge is -2.15. The van der Waals surface area contributed by atoms with Gasteiger partial charge in [0.15, 0.2) is 5.13 Å². The van der Waals surface area contributed by atoms with E-state index in [-0.39, 0.29) is 11.7 Å². The van der Waals surface area contributed by atoms with Crippen LogP contribution in [0.3, 0.4) is 0 Å². The van der Waals surface area contributed by atoms with Crippen molar-refractivity contribution >= 4 is 39.5 Å². The predicted molar refractivity (Wildman–Crippen MR) is 87.0 cm³/mol. The molecule has 0 spiro atoms. The first-order chi connectivity index (χ1) is 10.1. The topological polar surface area (TPSA) is 80.5 Å². The van der Waals surface area contributed by atoms with Crippen LogP contribution in [0.1, 0.15) is 15.2 Å². The zero-order chi connectivity index (χ0) is 15.2. The lowest BCUT2D eigenvalue weighted by molar-refractivity contribution is 0.0791. The molecule has 0 atom stereocenters. The largest absolute Gasteiger partial charge is 0.383 e. The van der Waals surface area contributed by atoms with Crippen molar-refractivity contribution < 1.29 is 9.53 Å². The first-order valence-corrected chi connectivity index (χ1v) is 8.13. The van der Waals surface area contributed by atoms with Crippen LogP contribution in [0, 0.1) is 0 Å². The van der Waals surface area contributed by atoms with E-state index in [2.05, 4.69) is 10.3 Å². The summed E-state index contributed by atoms with van der Waals surface area (Å²) in [6.45, 7) is 1.76. The molecule has 0 aliphatic rings. The van der Waals surface area contributed by atoms with Crippen molar-refractivity contribution in [1.82, 2.24) is 9.88 Å². The van der Waals surface area contributed by atoms with Gasteiger partial charge in [-0.15, -0.1) is 0 Å². The number of anilines is 2. The van der Waals surface area contributed by atoms with Crippen molar-refractivity contribution in [3.8, 4) is 0 Å². The number of carbonyl (C=O) groups is 1.